The number of aromatic nitrogens is 4. The summed E-state index contributed by atoms with van der Waals surface area (Å²) >= 11 is 12.4. The van der Waals surface area contributed by atoms with E-state index in [-0.39, 0.29) is 27.4 Å². The summed E-state index contributed by atoms with van der Waals surface area (Å²) in [4.78, 5) is 28.5. The van der Waals surface area contributed by atoms with Crippen LogP contribution >= 0.6 is 23.2 Å². The number of aromatic amines is 1. The number of halogens is 4. The third-order valence-corrected chi connectivity index (χ3v) is 7.23. The number of hydrogen-bond donors (Lipinski definition) is 4. The molecule has 4 rings (SSSR count). The van der Waals surface area contributed by atoms with Crippen LogP contribution in [-0.2, 0) is 10.0 Å². The Balaban J connectivity index is 1.67. The molecule has 2 heterocycles. The molecule has 1 aromatic carbocycles. The lowest BCUT2D eigenvalue weighted by Crippen LogP contribution is -2.50. The predicted molar refractivity (Wildman–Crippen MR) is 121 cm³/mol. The van der Waals surface area contributed by atoms with Gasteiger partial charge in [0.1, 0.15) is 4.90 Å². The van der Waals surface area contributed by atoms with Gasteiger partial charge in [-0.1, -0.05) is 23.2 Å². The van der Waals surface area contributed by atoms with Gasteiger partial charge >= 0.3 is 5.69 Å². The molecule has 12 nitrogen and oxygen atoms in total. The van der Waals surface area contributed by atoms with E-state index in [4.69, 9.17) is 27.9 Å². The Morgan fingerprint density at radius 3 is 2.42 bits per heavy atom. The van der Waals surface area contributed by atoms with Crippen molar-refractivity contribution >= 4 is 33.2 Å². The second-order valence-electron chi connectivity index (χ2n) is 7.56. The number of benzene rings is 1. The highest BCUT2D eigenvalue weighted by Crippen LogP contribution is 2.38. The van der Waals surface area contributed by atoms with Gasteiger partial charge < -0.3 is 14.9 Å². The molecule has 0 amide bonds. The molecule has 192 valence electrons. The predicted octanol–water partition coefficient (Wildman–Crippen LogP) is 1.86. The van der Waals surface area contributed by atoms with Gasteiger partial charge in [-0.25, -0.2) is 31.7 Å². The second-order valence-corrected chi connectivity index (χ2v) is 10.1. The molecule has 1 fully saturated rings. The minimum Gasteiger partial charge on any atom is -0.505 e. The lowest BCUT2D eigenvalue weighted by Gasteiger charge is -2.32. The van der Waals surface area contributed by atoms with Crippen LogP contribution in [0.25, 0.3) is 5.69 Å². The number of pyridine rings is 1. The fraction of sp³-hybridized carbons (Fsp3) is 0.263. The van der Waals surface area contributed by atoms with E-state index in [1.807, 2.05) is 0 Å². The zero-order valence-electron chi connectivity index (χ0n) is 17.7. The molecule has 1 saturated carbocycles. The Labute approximate surface area is 210 Å². The topological polar surface area (TPSA) is 176 Å². The SMILES string of the molecule is O=c1[nH]c(=O)n(-c2cc(Cl)c(Oc3cc(S(=O)(=O)N[C@H]4CC[C@H]4O)c(O)cn3)c(Cl)c2)nc1C(F)F. The number of nitrogens with one attached hydrogen (secondary N) is 2. The number of sulfonamides is 1. The maximum absolute atomic E-state index is 13.0. The summed E-state index contributed by atoms with van der Waals surface area (Å²) in [6, 6.07) is 2.33. The van der Waals surface area contributed by atoms with Gasteiger partial charge in [0.2, 0.25) is 15.9 Å². The highest BCUT2D eigenvalue weighted by Gasteiger charge is 2.34. The van der Waals surface area contributed by atoms with Crippen molar-refractivity contribution in [3.8, 4) is 23.1 Å². The minimum atomic E-state index is -4.26. The molecular weight excluding hydrogens is 551 g/mol. The van der Waals surface area contributed by atoms with E-state index < -0.39 is 56.2 Å². The fourth-order valence-corrected chi connectivity index (χ4v) is 5.10. The molecule has 2 aromatic heterocycles. The zero-order valence-corrected chi connectivity index (χ0v) is 20.0. The Morgan fingerprint density at radius 1 is 1.19 bits per heavy atom. The van der Waals surface area contributed by atoms with E-state index in [0.29, 0.717) is 17.5 Å². The molecule has 17 heteroatoms. The van der Waals surface area contributed by atoms with Crippen LogP contribution in [0.5, 0.6) is 17.4 Å². The summed E-state index contributed by atoms with van der Waals surface area (Å²) < 4.78 is 59.5. The van der Waals surface area contributed by atoms with Crippen molar-refractivity contribution < 1.29 is 32.1 Å². The van der Waals surface area contributed by atoms with Crippen LogP contribution < -0.4 is 20.7 Å². The van der Waals surface area contributed by atoms with Gasteiger partial charge in [-0.15, -0.1) is 0 Å². The molecule has 2 atom stereocenters. The lowest BCUT2D eigenvalue weighted by molar-refractivity contribution is 0.0612. The molecule has 1 aliphatic carbocycles. The monoisotopic (exact) mass is 565 g/mol. The summed E-state index contributed by atoms with van der Waals surface area (Å²) in [6.07, 6.45) is -2.45. The van der Waals surface area contributed by atoms with Crippen molar-refractivity contribution in [2.24, 2.45) is 0 Å². The molecule has 0 spiro atoms. The van der Waals surface area contributed by atoms with Gasteiger partial charge in [0.05, 0.1) is 28.0 Å². The largest absolute Gasteiger partial charge is 0.505 e. The Bertz CT molecular complexity index is 1540. The number of rotatable bonds is 7. The van der Waals surface area contributed by atoms with E-state index in [1.54, 1.807) is 4.98 Å². The number of ether oxygens (including phenoxy) is 1. The number of alkyl halides is 2. The van der Waals surface area contributed by atoms with Crippen LogP contribution in [0.3, 0.4) is 0 Å². The molecule has 0 aliphatic heterocycles. The maximum Gasteiger partial charge on any atom is 0.349 e. The fourth-order valence-electron chi connectivity index (χ4n) is 3.17. The van der Waals surface area contributed by atoms with E-state index in [1.165, 1.54) is 0 Å². The van der Waals surface area contributed by atoms with Crippen LogP contribution in [-0.4, -0.2) is 50.5 Å². The van der Waals surface area contributed by atoms with Gasteiger partial charge in [0.25, 0.3) is 12.0 Å². The van der Waals surface area contributed by atoms with Crippen molar-refractivity contribution in [2.45, 2.75) is 36.3 Å². The van der Waals surface area contributed by atoms with E-state index in [0.717, 1.165) is 24.4 Å². The molecule has 0 unspecified atom stereocenters. The summed E-state index contributed by atoms with van der Waals surface area (Å²) in [5.41, 5.74) is -3.88. The number of aliphatic hydroxyl groups excluding tert-OH is 1. The normalized spacial score (nSPS) is 17.7. The summed E-state index contributed by atoms with van der Waals surface area (Å²) in [7, 11) is -4.26. The summed E-state index contributed by atoms with van der Waals surface area (Å²) in [6.45, 7) is 0. The molecule has 36 heavy (non-hydrogen) atoms. The van der Waals surface area contributed by atoms with Crippen LogP contribution in [0.4, 0.5) is 8.78 Å². The highest BCUT2D eigenvalue weighted by molar-refractivity contribution is 7.89. The summed E-state index contributed by atoms with van der Waals surface area (Å²) in [5.74, 6) is -1.29. The van der Waals surface area contributed by atoms with Crippen LogP contribution in [0, 0.1) is 0 Å². The average molecular weight is 566 g/mol. The van der Waals surface area contributed by atoms with Crippen molar-refractivity contribution in [3.63, 3.8) is 0 Å². The van der Waals surface area contributed by atoms with Crippen molar-refractivity contribution in [2.75, 3.05) is 0 Å². The standard InChI is InChI=1S/C19H15Cl2F2N5O7S/c20-8-3-7(28-19(32)25-18(31)15(26-28)17(22)23)4-9(21)16(8)35-14-5-13(12(30)6-24-14)36(33,34)27-10-1-2-11(10)29/h3-6,10-11,17,27,29-30H,1-2H2,(H,25,31,32)/t10-,11+/m0/s1. The van der Waals surface area contributed by atoms with Gasteiger partial charge in [0.15, 0.2) is 17.2 Å². The van der Waals surface area contributed by atoms with Gasteiger partial charge in [0, 0.05) is 12.1 Å². The first-order valence-corrected chi connectivity index (χ1v) is 12.2. The average Bonchev–Trinajstić information content (AvgIpc) is 2.79. The molecule has 4 N–H and O–H groups in total. The smallest absolute Gasteiger partial charge is 0.349 e. The number of nitrogens with zero attached hydrogens (tertiary/aromatic N) is 3. The van der Waals surface area contributed by atoms with Gasteiger partial charge in [-0.2, -0.15) is 9.78 Å². The molecule has 0 radical (unpaired) electrons. The minimum absolute atomic E-state index is 0.189. The van der Waals surface area contributed by atoms with Gasteiger partial charge in [-0.05, 0) is 25.0 Å². The Hall–Kier alpha value is -3.11. The number of aliphatic hydroxyl groups is 1. The Kier molecular flexibility index (Phi) is 7.03. The van der Waals surface area contributed by atoms with Crippen molar-refractivity contribution in [1.29, 1.82) is 0 Å². The molecule has 1 aliphatic rings. The first kappa shape index (κ1) is 26.0. The third kappa shape index (κ3) is 5.05. The number of hydrogen-bond acceptors (Lipinski definition) is 9. The quantitative estimate of drug-likeness (QED) is 0.333. The van der Waals surface area contributed by atoms with Crippen molar-refractivity contribution in [3.05, 3.63) is 61.0 Å². The molecular formula is C19H15Cl2F2N5O7S. The zero-order chi connectivity index (χ0) is 26.4. The second kappa shape index (κ2) is 9.74. The van der Waals surface area contributed by atoms with Crippen LogP contribution in [0.1, 0.15) is 25.0 Å². The van der Waals surface area contributed by atoms with E-state index in [2.05, 4.69) is 14.8 Å². The summed E-state index contributed by atoms with van der Waals surface area (Å²) in [5, 5.41) is 22.5. The number of aromatic hydroxyl groups is 1. The van der Waals surface area contributed by atoms with Gasteiger partial charge in [-0.3, -0.25) is 9.78 Å². The first-order chi connectivity index (χ1) is 16.9. The van der Waals surface area contributed by atoms with Crippen LogP contribution in [0.15, 0.2) is 38.9 Å². The molecule has 0 saturated heterocycles. The lowest BCUT2D eigenvalue weighted by atomic mass is 9.90. The van der Waals surface area contributed by atoms with Crippen molar-refractivity contribution in [1.82, 2.24) is 24.5 Å². The number of H-pyrrole nitrogens is 1. The van der Waals surface area contributed by atoms with E-state index in [9.17, 15) is 37.0 Å². The first-order valence-electron chi connectivity index (χ1n) is 9.95. The molecule has 0 bridgehead atoms. The molecule has 3 aromatic rings. The van der Waals surface area contributed by atoms with Crippen LogP contribution in [0.2, 0.25) is 10.0 Å². The van der Waals surface area contributed by atoms with E-state index >= 15 is 0 Å². The third-order valence-electron chi connectivity index (χ3n) is 5.15. The maximum atomic E-state index is 13.0. The highest BCUT2D eigenvalue weighted by atomic mass is 35.5. The Morgan fingerprint density at radius 2 is 1.86 bits per heavy atom.